The number of fused-ring (bicyclic) bond motifs is 1. The zero-order valence-electron chi connectivity index (χ0n) is 13.5. The first-order valence-electron chi connectivity index (χ1n) is 7.78. The smallest absolute Gasteiger partial charge is 0.354 e. The molecule has 5 atom stereocenters. The quantitative estimate of drug-likeness (QED) is 0.592. The Morgan fingerprint density at radius 3 is 2.68 bits per heavy atom. The van der Waals surface area contributed by atoms with Crippen LogP contribution in [-0.2, 0) is 23.9 Å². The van der Waals surface area contributed by atoms with Crippen molar-refractivity contribution in [1.29, 1.82) is 0 Å². The summed E-state index contributed by atoms with van der Waals surface area (Å²) in [5, 5.41) is 11.8. The highest BCUT2D eigenvalue weighted by molar-refractivity contribution is 5.97. The first-order chi connectivity index (χ1) is 11.9. The second kappa shape index (κ2) is 6.79. The summed E-state index contributed by atoms with van der Waals surface area (Å²) in [4.78, 5) is 37.0. The maximum Gasteiger partial charge on any atom is 0.354 e. The first kappa shape index (κ1) is 17.3. The summed E-state index contributed by atoms with van der Waals surface area (Å²) in [6.07, 6.45) is -1.93. The van der Waals surface area contributed by atoms with Gasteiger partial charge in [-0.2, -0.15) is 0 Å². The molecule has 0 spiro atoms. The minimum Gasteiger partial charge on any atom is -0.478 e. The monoisotopic (exact) mass is 349 g/mol. The molecule has 25 heavy (non-hydrogen) atoms. The van der Waals surface area contributed by atoms with Crippen molar-refractivity contribution in [2.24, 2.45) is 5.73 Å². The second-order valence-electron chi connectivity index (χ2n) is 5.92. The Hall–Kier alpha value is -2.49. The summed E-state index contributed by atoms with van der Waals surface area (Å²) in [5.74, 6) is -2.30. The van der Waals surface area contributed by atoms with Gasteiger partial charge in [0, 0.05) is 13.5 Å². The summed E-state index contributed by atoms with van der Waals surface area (Å²) in [7, 11) is 1.39. The molecule has 0 aliphatic carbocycles. The molecule has 1 aromatic rings. The van der Waals surface area contributed by atoms with Crippen LogP contribution in [0, 0.1) is 0 Å². The van der Waals surface area contributed by atoms with Gasteiger partial charge in [-0.1, -0.05) is 30.3 Å². The van der Waals surface area contributed by atoms with Gasteiger partial charge in [-0.05, 0) is 5.56 Å². The minimum atomic E-state index is -1.42. The van der Waals surface area contributed by atoms with Crippen molar-refractivity contribution in [3.8, 4) is 0 Å². The number of aliphatic carboxylic acids is 1. The Morgan fingerprint density at radius 2 is 2.08 bits per heavy atom. The van der Waals surface area contributed by atoms with E-state index in [1.165, 1.54) is 7.11 Å². The molecule has 0 bridgehead atoms. The van der Waals surface area contributed by atoms with E-state index in [0.717, 1.165) is 4.90 Å². The van der Waals surface area contributed by atoms with E-state index in [1.807, 2.05) is 0 Å². The van der Waals surface area contributed by atoms with Crippen LogP contribution in [0.2, 0.25) is 0 Å². The van der Waals surface area contributed by atoms with Crippen LogP contribution in [0.1, 0.15) is 18.0 Å². The zero-order valence-corrected chi connectivity index (χ0v) is 13.5. The number of hydrogen-bond donors (Lipinski definition) is 3. The molecule has 9 nitrogen and oxygen atoms in total. The number of nitrogens with zero attached hydrogens (tertiary/aromatic N) is 1. The van der Waals surface area contributed by atoms with Crippen LogP contribution < -0.4 is 11.1 Å². The van der Waals surface area contributed by atoms with Gasteiger partial charge in [0.2, 0.25) is 18.0 Å². The van der Waals surface area contributed by atoms with Gasteiger partial charge in [0.15, 0.2) is 6.29 Å². The van der Waals surface area contributed by atoms with Crippen molar-refractivity contribution >= 4 is 17.8 Å². The van der Waals surface area contributed by atoms with Gasteiger partial charge < -0.3 is 25.6 Å². The largest absolute Gasteiger partial charge is 0.478 e. The average molecular weight is 349 g/mol. The lowest BCUT2D eigenvalue weighted by atomic mass is 9.89. The van der Waals surface area contributed by atoms with Gasteiger partial charge in [-0.25, -0.2) is 4.79 Å². The molecular weight excluding hydrogens is 330 g/mol. The molecule has 2 saturated heterocycles. The van der Waals surface area contributed by atoms with Crippen LogP contribution in [0.15, 0.2) is 30.3 Å². The fraction of sp³-hybridized carbons (Fsp3) is 0.438. The molecule has 0 aromatic heterocycles. The number of methoxy groups -OCH3 is 1. The Balaban J connectivity index is 1.70. The van der Waals surface area contributed by atoms with Crippen molar-refractivity contribution < 1.29 is 29.0 Å². The summed E-state index contributed by atoms with van der Waals surface area (Å²) >= 11 is 0. The van der Waals surface area contributed by atoms with Crippen LogP contribution in [0.5, 0.6) is 0 Å². The molecule has 4 N–H and O–H groups in total. The van der Waals surface area contributed by atoms with E-state index in [9.17, 15) is 19.5 Å². The van der Waals surface area contributed by atoms with Crippen LogP contribution in [0.4, 0.5) is 0 Å². The average Bonchev–Trinajstić information content (AvgIpc) is 2.64. The SMILES string of the molecule is CO[C@@H]1CC2C(NC(=O)C(N)c3ccccc3)C(=O)N2[C@@H](C(=O)O)O1. The molecule has 2 fully saturated rings. The number of β-lactam (4-membered cyclic amide) rings is 1. The number of amides is 2. The van der Waals surface area contributed by atoms with Crippen molar-refractivity contribution in [2.75, 3.05) is 7.11 Å². The highest BCUT2D eigenvalue weighted by atomic mass is 16.7. The van der Waals surface area contributed by atoms with E-state index < -0.39 is 48.4 Å². The van der Waals surface area contributed by atoms with Gasteiger partial charge in [-0.3, -0.25) is 14.5 Å². The minimum absolute atomic E-state index is 0.261. The number of rotatable bonds is 5. The summed E-state index contributed by atoms with van der Waals surface area (Å²) in [6.45, 7) is 0. The molecule has 3 rings (SSSR count). The molecule has 3 unspecified atom stereocenters. The predicted molar refractivity (Wildman–Crippen MR) is 83.9 cm³/mol. The normalized spacial score (nSPS) is 29.4. The number of carboxylic acids is 1. The van der Waals surface area contributed by atoms with E-state index >= 15 is 0 Å². The predicted octanol–water partition coefficient (Wildman–Crippen LogP) is -0.814. The molecular formula is C16H19N3O6. The molecule has 9 heteroatoms. The van der Waals surface area contributed by atoms with E-state index in [2.05, 4.69) is 5.32 Å². The van der Waals surface area contributed by atoms with E-state index in [4.69, 9.17) is 15.2 Å². The van der Waals surface area contributed by atoms with Crippen molar-refractivity contribution in [1.82, 2.24) is 10.2 Å². The molecule has 2 amide bonds. The van der Waals surface area contributed by atoms with Gasteiger partial charge in [0.25, 0.3) is 0 Å². The fourth-order valence-electron chi connectivity index (χ4n) is 3.11. The Morgan fingerprint density at radius 1 is 1.40 bits per heavy atom. The van der Waals surface area contributed by atoms with E-state index in [0.29, 0.717) is 5.56 Å². The highest BCUT2D eigenvalue weighted by Gasteiger charge is 2.57. The molecule has 2 aliphatic rings. The number of carbonyl (C=O) groups is 3. The third kappa shape index (κ3) is 3.09. The standard InChI is InChI=1S/C16H19N3O6/c1-24-10-7-9-12(14(21)19(9)15(25-10)16(22)23)18-13(20)11(17)8-5-3-2-4-6-8/h2-6,9-12,15H,7,17H2,1H3,(H,18,20)(H,22,23)/t9?,10-,11?,12?,15+/m0/s1. The van der Waals surface area contributed by atoms with Crippen molar-refractivity contribution in [3.63, 3.8) is 0 Å². The molecule has 0 saturated carbocycles. The van der Waals surface area contributed by atoms with Gasteiger partial charge in [-0.15, -0.1) is 0 Å². The lowest BCUT2D eigenvalue weighted by Gasteiger charge is -2.53. The molecule has 2 aliphatic heterocycles. The highest BCUT2D eigenvalue weighted by Crippen LogP contribution is 2.34. The van der Waals surface area contributed by atoms with Gasteiger partial charge in [0.1, 0.15) is 12.1 Å². The number of hydrogen-bond acceptors (Lipinski definition) is 6. The number of nitrogens with two attached hydrogens (primary N) is 1. The number of benzene rings is 1. The van der Waals surface area contributed by atoms with Crippen LogP contribution in [0.25, 0.3) is 0 Å². The Kier molecular flexibility index (Phi) is 4.71. The third-order valence-electron chi connectivity index (χ3n) is 4.44. The van der Waals surface area contributed by atoms with Gasteiger partial charge >= 0.3 is 5.97 Å². The lowest BCUT2D eigenvalue weighted by Crippen LogP contribution is -2.77. The van der Waals surface area contributed by atoms with E-state index in [1.54, 1.807) is 30.3 Å². The maximum absolute atomic E-state index is 12.3. The number of nitrogens with one attached hydrogen (secondary N) is 1. The van der Waals surface area contributed by atoms with Crippen molar-refractivity contribution in [3.05, 3.63) is 35.9 Å². The molecule has 1 aromatic carbocycles. The molecule has 2 heterocycles. The maximum atomic E-state index is 12.3. The Labute approximate surface area is 143 Å². The van der Waals surface area contributed by atoms with Crippen LogP contribution in [-0.4, -0.2) is 59.5 Å². The lowest BCUT2D eigenvalue weighted by molar-refractivity contribution is -0.262. The second-order valence-corrected chi connectivity index (χ2v) is 5.92. The summed E-state index contributed by atoms with van der Waals surface area (Å²) in [6, 6.07) is 6.49. The van der Waals surface area contributed by atoms with Crippen LogP contribution >= 0.6 is 0 Å². The number of carboxylic acid groups (broad SMARTS) is 1. The first-order valence-corrected chi connectivity index (χ1v) is 7.78. The van der Waals surface area contributed by atoms with Gasteiger partial charge in [0.05, 0.1) is 6.04 Å². The summed E-state index contributed by atoms with van der Waals surface area (Å²) < 4.78 is 10.3. The number of carbonyl (C=O) groups excluding carboxylic acids is 2. The van der Waals surface area contributed by atoms with E-state index in [-0.39, 0.29) is 6.42 Å². The fourth-order valence-corrected chi connectivity index (χ4v) is 3.11. The third-order valence-corrected chi connectivity index (χ3v) is 4.44. The topological polar surface area (TPSA) is 131 Å². The molecule has 134 valence electrons. The van der Waals surface area contributed by atoms with Crippen molar-refractivity contribution in [2.45, 2.75) is 37.1 Å². The molecule has 0 radical (unpaired) electrons. The number of ether oxygens (including phenoxy) is 2. The Bertz CT molecular complexity index is 682. The summed E-state index contributed by atoms with van der Waals surface area (Å²) in [5.41, 5.74) is 6.55. The van der Waals surface area contributed by atoms with Crippen LogP contribution in [0.3, 0.4) is 0 Å². The zero-order chi connectivity index (χ0) is 18.1.